The summed E-state index contributed by atoms with van der Waals surface area (Å²) in [6.45, 7) is 3.19. The predicted molar refractivity (Wildman–Crippen MR) is 116 cm³/mol. The van der Waals surface area contributed by atoms with Gasteiger partial charge in [0.2, 0.25) is 0 Å². The van der Waals surface area contributed by atoms with Gasteiger partial charge in [-0.05, 0) is 41.0 Å². The van der Waals surface area contributed by atoms with E-state index in [1.165, 1.54) is 0 Å². The normalized spacial score (nSPS) is 11.4. The van der Waals surface area contributed by atoms with Crippen LogP contribution >= 0.6 is 0 Å². The Balaban J connectivity index is 1.85. The SMILES string of the molecule is CCCCN(Cc1ccc(OS(C)(=O)=O)cc1)C(=O)c1cccc2ccccc12. The topological polar surface area (TPSA) is 63.7 Å². The van der Waals surface area contributed by atoms with Crippen LogP contribution in [0.5, 0.6) is 5.75 Å². The Morgan fingerprint density at radius 2 is 1.66 bits per heavy atom. The van der Waals surface area contributed by atoms with Crippen molar-refractivity contribution >= 4 is 26.8 Å². The van der Waals surface area contributed by atoms with Crippen molar-refractivity contribution in [3.63, 3.8) is 0 Å². The van der Waals surface area contributed by atoms with Gasteiger partial charge in [-0.3, -0.25) is 4.79 Å². The van der Waals surface area contributed by atoms with E-state index in [0.717, 1.165) is 35.4 Å². The van der Waals surface area contributed by atoms with Crippen LogP contribution < -0.4 is 4.18 Å². The van der Waals surface area contributed by atoms with E-state index in [2.05, 4.69) is 6.92 Å². The highest BCUT2D eigenvalue weighted by molar-refractivity contribution is 7.86. The molecular weight excluding hydrogens is 386 g/mol. The lowest BCUT2D eigenvalue weighted by Crippen LogP contribution is -2.31. The molecule has 0 fully saturated rings. The van der Waals surface area contributed by atoms with E-state index in [4.69, 9.17) is 4.18 Å². The highest BCUT2D eigenvalue weighted by Gasteiger charge is 2.18. The van der Waals surface area contributed by atoms with Crippen LogP contribution in [0.3, 0.4) is 0 Å². The van der Waals surface area contributed by atoms with Gasteiger partial charge in [0.1, 0.15) is 5.75 Å². The van der Waals surface area contributed by atoms with Crippen LogP contribution in [0.25, 0.3) is 10.8 Å². The second-order valence-corrected chi connectivity index (χ2v) is 8.61. The molecule has 0 unspecified atom stereocenters. The minimum atomic E-state index is -3.56. The van der Waals surface area contributed by atoms with Crippen molar-refractivity contribution in [3.8, 4) is 5.75 Å². The molecular formula is C23H25NO4S. The highest BCUT2D eigenvalue weighted by Crippen LogP contribution is 2.22. The zero-order chi connectivity index (χ0) is 20.9. The number of fused-ring (bicyclic) bond motifs is 1. The van der Waals surface area contributed by atoms with E-state index in [1.54, 1.807) is 24.3 Å². The average molecular weight is 412 g/mol. The van der Waals surface area contributed by atoms with Gasteiger partial charge in [0.15, 0.2) is 0 Å². The molecule has 1 amide bonds. The molecule has 5 nitrogen and oxygen atoms in total. The number of nitrogens with zero attached hydrogens (tertiary/aromatic N) is 1. The van der Waals surface area contributed by atoms with Crippen molar-refractivity contribution in [2.45, 2.75) is 26.3 Å². The summed E-state index contributed by atoms with van der Waals surface area (Å²) in [6, 6.07) is 20.4. The van der Waals surface area contributed by atoms with Crippen molar-refractivity contribution in [1.29, 1.82) is 0 Å². The van der Waals surface area contributed by atoms with Gasteiger partial charge in [-0.1, -0.05) is 61.9 Å². The molecule has 0 N–H and O–H groups in total. The number of carbonyl (C=O) groups excluding carboxylic acids is 1. The van der Waals surface area contributed by atoms with Crippen LogP contribution in [0.1, 0.15) is 35.7 Å². The lowest BCUT2D eigenvalue weighted by molar-refractivity contribution is 0.0743. The number of carbonyl (C=O) groups is 1. The van der Waals surface area contributed by atoms with Gasteiger partial charge < -0.3 is 9.08 Å². The summed E-state index contributed by atoms with van der Waals surface area (Å²) in [6.07, 6.45) is 2.91. The fourth-order valence-corrected chi connectivity index (χ4v) is 3.69. The van der Waals surface area contributed by atoms with Crippen LogP contribution in [-0.4, -0.2) is 32.0 Å². The number of hydrogen-bond donors (Lipinski definition) is 0. The Bertz CT molecular complexity index is 1090. The fraction of sp³-hybridized carbons (Fsp3) is 0.261. The van der Waals surface area contributed by atoms with Crippen LogP contribution in [0.2, 0.25) is 0 Å². The molecule has 3 rings (SSSR count). The molecule has 0 aliphatic carbocycles. The number of rotatable bonds is 8. The van der Waals surface area contributed by atoms with Gasteiger partial charge in [0, 0.05) is 18.7 Å². The summed E-state index contributed by atoms with van der Waals surface area (Å²) in [5.41, 5.74) is 1.60. The molecule has 3 aromatic carbocycles. The Morgan fingerprint density at radius 3 is 2.34 bits per heavy atom. The zero-order valence-corrected chi connectivity index (χ0v) is 17.5. The van der Waals surface area contributed by atoms with Gasteiger partial charge in [-0.2, -0.15) is 8.42 Å². The van der Waals surface area contributed by atoms with Crippen molar-refractivity contribution in [2.24, 2.45) is 0 Å². The van der Waals surface area contributed by atoms with Gasteiger partial charge in [0.05, 0.1) is 6.26 Å². The van der Waals surface area contributed by atoms with E-state index in [0.29, 0.717) is 18.7 Å². The lowest BCUT2D eigenvalue weighted by atomic mass is 10.0. The standard InChI is InChI=1S/C23H25NO4S/c1-3-4-16-24(17-18-12-14-20(15-13-18)28-29(2,26)27)23(25)22-11-7-9-19-8-5-6-10-21(19)22/h5-15H,3-4,16-17H2,1-2H3. The zero-order valence-electron chi connectivity index (χ0n) is 16.7. The Labute approximate surface area is 172 Å². The molecule has 0 spiro atoms. The number of benzene rings is 3. The molecule has 29 heavy (non-hydrogen) atoms. The average Bonchev–Trinajstić information content (AvgIpc) is 2.70. The van der Waals surface area contributed by atoms with E-state index in [9.17, 15) is 13.2 Å². The van der Waals surface area contributed by atoms with Gasteiger partial charge in [-0.15, -0.1) is 0 Å². The summed E-state index contributed by atoms with van der Waals surface area (Å²) in [5.74, 6) is 0.253. The molecule has 0 saturated heterocycles. The van der Waals surface area contributed by atoms with Crippen molar-refractivity contribution in [3.05, 3.63) is 77.9 Å². The summed E-state index contributed by atoms with van der Waals surface area (Å²) in [7, 11) is -3.56. The highest BCUT2D eigenvalue weighted by atomic mass is 32.2. The molecule has 0 bridgehead atoms. The van der Waals surface area contributed by atoms with E-state index in [-0.39, 0.29) is 11.7 Å². The third-order valence-corrected chi connectivity index (χ3v) is 5.13. The third kappa shape index (κ3) is 5.57. The van der Waals surface area contributed by atoms with Gasteiger partial charge >= 0.3 is 10.1 Å². The summed E-state index contributed by atoms with van der Waals surface area (Å²) < 4.78 is 27.4. The third-order valence-electron chi connectivity index (χ3n) is 4.63. The van der Waals surface area contributed by atoms with Crippen LogP contribution in [0.4, 0.5) is 0 Å². The van der Waals surface area contributed by atoms with Gasteiger partial charge in [0.25, 0.3) is 5.91 Å². The molecule has 6 heteroatoms. The van der Waals surface area contributed by atoms with Crippen molar-refractivity contribution in [2.75, 3.05) is 12.8 Å². The second-order valence-electron chi connectivity index (χ2n) is 7.04. The monoisotopic (exact) mass is 411 g/mol. The second kappa shape index (κ2) is 9.09. The first-order valence-electron chi connectivity index (χ1n) is 9.63. The van der Waals surface area contributed by atoms with Crippen LogP contribution in [0, 0.1) is 0 Å². The first-order valence-corrected chi connectivity index (χ1v) is 11.4. The smallest absolute Gasteiger partial charge is 0.306 e. The van der Waals surface area contributed by atoms with Crippen LogP contribution in [0.15, 0.2) is 66.7 Å². The maximum atomic E-state index is 13.3. The first kappa shape index (κ1) is 20.9. The van der Waals surface area contributed by atoms with Crippen molar-refractivity contribution < 1.29 is 17.4 Å². The van der Waals surface area contributed by atoms with E-state index >= 15 is 0 Å². The van der Waals surface area contributed by atoms with Crippen molar-refractivity contribution in [1.82, 2.24) is 4.90 Å². The quantitative estimate of drug-likeness (QED) is 0.507. The van der Waals surface area contributed by atoms with Crippen LogP contribution in [-0.2, 0) is 16.7 Å². The Hall–Kier alpha value is -2.86. The molecule has 0 radical (unpaired) electrons. The molecule has 0 aliphatic rings. The maximum Gasteiger partial charge on any atom is 0.306 e. The minimum Gasteiger partial charge on any atom is -0.383 e. The molecule has 0 aliphatic heterocycles. The number of hydrogen-bond acceptors (Lipinski definition) is 4. The minimum absolute atomic E-state index is 0.00767. The number of amides is 1. The Kier molecular flexibility index (Phi) is 6.54. The Morgan fingerprint density at radius 1 is 0.966 bits per heavy atom. The molecule has 3 aromatic rings. The summed E-state index contributed by atoms with van der Waals surface area (Å²) >= 11 is 0. The largest absolute Gasteiger partial charge is 0.383 e. The molecule has 0 aromatic heterocycles. The molecule has 152 valence electrons. The van der Waals surface area contributed by atoms with Gasteiger partial charge in [-0.25, -0.2) is 0 Å². The maximum absolute atomic E-state index is 13.3. The lowest BCUT2D eigenvalue weighted by Gasteiger charge is -2.23. The first-order chi connectivity index (χ1) is 13.9. The molecule has 0 saturated carbocycles. The van der Waals surface area contributed by atoms with E-state index in [1.807, 2.05) is 47.4 Å². The number of unbranched alkanes of at least 4 members (excludes halogenated alkanes) is 1. The summed E-state index contributed by atoms with van der Waals surface area (Å²) in [4.78, 5) is 15.2. The molecule has 0 heterocycles. The molecule has 0 atom stereocenters. The fourth-order valence-electron chi connectivity index (χ4n) is 3.23. The summed E-state index contributed by atoms with van der Waals surface area (Å²) in [5, 5.41) is 1.98. The van der Waals surface area contributed by atoms with E-state index < -0.39 is 10.1 Å². The predicted octanol–water partition coefficient (Wildman–Crippen LogP) is 4.62.